The number of amides is 1. The number of halogens is 1. The number of carbonyl (C=O) groups is 1. The predicted octanol–water partition coefficient (Wildman–Crippen LogP) is 1.94. The van der Waals surface area contributed by atoms with Crippen LogP contribution in [0.15, 0.2) is 30.3 Å². The molecule has 0 radical (unpaired) electrons. The van der Waals surface area contributed by atoms with Crippen molar-refractivity contribution in [3.05, 3.63) is 41.8 Å². The Bertz CT molecular complexity index is 651. The second-order valence-electron chi connectivity index (χ2n) is 5.16. The molecule has 20 heavy (non-hydrogen) atoms. The second-order valence-corrected chi connectivity index (χ2v) is 5.16. The highest BCUT2D eigenvalue weighted by Gasteiger charge is 2.22. The summed E-state index contributed by atoms with van der Waals surface area (Å²) in [5.74, 6) is -0.383. The lowest BCUT2D eigenvalue weighted by atomic mass is 10.1. The van der Waals surface area contributed by atoms with Gasteiger partial charge in [0, 0.05) is 24.5 Å². The molecular formula is C15H16FN3O. The van der Waals surface area contributed by atoms with Crippen LogP contribution in [0.25, 0.3) is 10.9 Å². The number of piperidine rings is 1. The highest BCUT2D eigenvalue weighted by Crippen LogP contribution is 2.16. The zero-order chi connectivity index (χ0) is 14.1. The van der Waals surface area contributed by atoms with Gasteiger partial charge < -0.3 is 10.6 Å². The molecule has 0 aliphatic carbocycles. The van der Waals surface area contributed by atoms with E-state index >= 15 is 0 Å². The Morgan fingerprint density at radius 1 is 1.25 bits per heavy atom. The zero-order valence-electron chi connectivity index (χ0n) is 11.1. The van der Waals surface area contributed by atoms with Crippen molar-refractivity contribution in [2.45, 2.75) is 18.9 Å². The van der Waals surface area contributed by atoms with Gasteiger partial charge >= 0.3 is 0 Å². The average Bonchev–Trinajstić information content (AvgIpc) is 2.47. The number of nitrogens with zero attached hydrogens (tertiary/aromatic N) is 2. The molecule has 4 nitrogen and oxygen atoms in total. The summed E-state index contributed by atoms with van der Waals surface area (Å²) in [5, 5.41) is 0.696. The summed E-state index contributed by atoms with van der Waals surface area (Å²) in [4.78, 5) is 18.5. The lowest BCUT2D eigenvalue weighted by molar-refractivity contribution is 0.0709. The van der Waals surface area contributed by atoms with Gasteiger partial charge in [0.05, 0.1) is 5.52 Å². The Labute approximate surface area is 116 Å². The molecule has 0 atom stereocenters. The molecule has 0 saturated carbocycles. The molecule has 1 amide bonds. The molecule has 5 heteroatoms. The van der Waals surface area contributed by atoms with Crippen LogP contribution in [0.1, 0.15) is 23.3 Å². The van der Waals surface area contributed by atoms with E-state index in [0.717, 1.165) is 12.8 Å². The molecule has 3 rings (SSSR count). The molecule has 104 valence electrons. The molecule has 0 unspecified atom stereocenters. The highest BCUT2D eigenvalue weighted by molar-refractivity contribution is 5.95. The molecule has 1 aromatic heterocycles. The van der Waals surface area contributed by atoms with Gasteiger partial charge in [-0.15, -0.1) is 0 Å². The number of pyridine rings is 1. The number of benzene rings is 1. The number of rotatable bonds is 1. The molecule has 2 aromatic rings. The first-order valence-corrected chi connectivity index (χ1v) is 6.74. The van der Waals surface area contributed by atoms with Crippen molar-refractivity contribution in [3.8, 4) is 0 Å². The molecule has 0 bridgehead atoms. The largest absolute Gasteiger partial charge is 0.337 e. The standard InChI is InChI=1S/C15H16FN3O/c16-11-2-4-13-10(9-11)1-3-14(18-13)15(20)19-7-5-12(17)6-8-19/h1-4,9,12H,5-8,17H2. The zero-order valence-corrected chi connectivity index (χ0v) is 11.1. The molecule has 1 aliphatic rings. The molecule has 0 spiro atoms. The minimum absolute atomic E-state index is 0.0804. The molecular weight excluding hydrogens is 257 g/mol. The van der Waals surface area contributed by atoms with E-state index < -0.39 is 0 Å². The fourth-order valence-corrected chi connectivity index (χ4v) is 2.48. The first-order chi connectivity index (χ1) is 9.63. The van der Waals surface area contributed by atoms with Gasteiger partial charge in [-0.25, -0.2) is 9.37 Å². The van der Waals surface area contributed by atoms with Gasteiger partial charge in [-0.2, -0.15) is 0 Å². The predicted molar refractivity (Wildman–Crippen MR) is 74.8 cm³/mol. The summed E-state index contributed by atoms with van der Waals surface area (Å²) in [6, 6.07) is 7.92. The van der Waals surface area contributed by atoms with E-state index in [0.29, 0.717) is 29.7 Å². The maximum Gasteiger partial charge on any atom is 0.272 e. The van der Waals surface area contributed by atoms with Gasteiger partial charge in [-0.3, -0.25) is 4.79 Å². The van der Waals surface area contributed by atoms with Gasteiger partial charge in [-0.1, -0.05) is 6.07 Å². The van der Waals surface area contributed by atoms with Crippen LogP contribution in [0, 0.1) is 5.82 Å². The number of hydrogen-bond donors (Lipinski definition) is 1. The molecule has 1 fully saturated rings. The van der Waals surface area contributed by atoms with Crippen molar-refractivity contribution in [1.82, 2.24) is 9.88 Å². The topological polar surface area (TPSA) is 59.2 Å². The smallest absolute Gasteiger partial charge is 0.272 e. The van der Waals surface area contributed by atoms with Gasteiger partial charge in [-0.05, 0) is 37.1 Å². The molecule has 1 aromatic carbocycles. The van der Waals surface area contributed by atoms with E-state index in [9.17, 15) is 9.18 Å². The number of aromatic nitrogens is 1. The lowest BCUT2D eigenvalue weighted by Crippen LogP contribution is -2.43. The van der Waals surface area contributed by atoms with Crippen LogP contribution in [0.5, 0.6) is 0 Å². The quantitative estimate of drug-likeness (QED) is 0.863. The Kier molecular flexibility index (Phi) is 3.36. The Hall–Kier alpha value is -2.01. The fraction of sp³-hybridized carbons (Fsp3) is 0.333. The van der Waals surface area contributed by atoms with Crippen LogP contribution in [0.3, 0.4) is 0 Å². The van der Waals surface area contributed by atoms with Gasteiger partial charge in [0.1, 0.15) is 11.5 Å². The van der Waals surface area contributed by atoms with Crippen LogP contribution >= 0.6 is 0 Å². The summed E-state index contributed by atoms with van der Waals surface area (Å²) in [6.45, 7) is 1.34. The van der Waals surface area contributed by atoms with Crippen molar-refractivity contribution in [2.75, 3.05) is 13.1 Å². The van der Waals surface area contributed by atoms with E-state index in [-0.39, 0.29) is 17.8 Å². The van der Waals surface area contributed by atoms with E-state index in [4.69, 9.17) is 5.73 Å². The maximum atomic E-state index is 13.1. The highest BCUT2D eigenvalue weighted by atomic mass is 19.1. The van der Waals surface area contributed by atoms with Crippen LogP contribution < -0.4 is 5.73 Å². The van der Waals surface area contributed by atoms with Crippen molar-refractivity contribution >= 4 is 16.8 Å². The normalized spacial score (nSPS) is 16.6. The van der Waals surface area contributed by atoms with Gasteiger partial charge in [0.15, 0.2) is 0 Å². The van der Waals surface area contributed by atoms with Gasteiger partial charge in [0.2, 0.25) is 0 Å². The fourth-order valence-electron chi connectivity index (χ4n) is 2.48. The number of nitrogens with two attached hydrogens (primary N) is 1. The van der Waals surface area contributed by atoms with Crippen molar-refractivity contribution in [3.63, 3.8) is 0 Å². The summed E-state index contributed by atoms with van der Waals surface area (Å²) < 4.78 is 13.1. The van der Waals surface area contributed by atoms with Crippen molar-refractivity contribution < 1.29 is 9.18 Å². The SMILES string of the molecule is NC1CCN(C(=O)c2ccc3cc(F)ccc3n2)CC1. The van der Waals surface area contributed by atoms with Crippen LogP contribution in [0.4, 0.5) is 4.39 Å². The maximum absolute atomic E-state index is 13.1. The third-order valence-electron chi connectivity index (χ3n) is 3.70. The summed E-state index contributed by atoms with van der Waals surface area (Å²) in [7, 11) is 0. The summed E-state index contributed by atoms with van der Waals surface area (Å²) in [5.41, 5.74) is 6.87. The van der Waals surface area contributed by atoms with Crippen LogP contribution in [-0.4, -0.2) is 34.9 Å². The Balaban J connectivity index is 1.86. The minimum Gasteiger partial charge on any atom is -0.337 e. The van der Waals surface area contributed by atoms with E-state index in [1.54, 1.807) is 23.1 Å². The van der Waals surface area contributed by atoms with Crippen molar-refractivity contribution in [2.24, 2.45) is 5.73 Å². The molecule has 2 heterocycles. The minimum atomic E-state index is -0.302. The van der Waals surface area contributed by atoms with E-state index in [2.05, 4.69) is 4.98 Å². The van der Waals surface area contributed by atoms with Crippen LogP contribution in [0.2, 0.25) is 0 Å². The Morgan fingerprint density at radius 2 is 2.00 bits per heavy atom. The first-order valence-electron chi connectivity index (χ1n) is 6.74. The monoisotopic (exact) mass is 273 g/mol. The molecule has 1 saturated heterocycles. The number of likely N-dealkylation sites (tertiary alicyclic amines) is 1. The summed E-state index contributed by atoms with van der Waals surface area (Å²) >= 11 is 0. The first kappa shape index (κ1) is 13.0. The van der Waals surface area contributed by atoms with Gasteiger partial charge in [0.25, 0.3) is 5.91 Å². The number of carbonyl (C=O) groups excluding carboxylic acids is 1. The second kappa shape index (κ2) is 5.17. The third kappa shape index (κ3) is 2.49. The lowest BCUT2D eigenvalue weighted by Gasteiger charge is -2.29. The summed E-state index contributed by atoms with van der Waals surface area (Å²) in [6.07, 6.45) is 1.65. The average molecular weight is 273 g/mol. The third-order valence-corrected chi connectivity index (χ3v) is 3.70. The number of hydrogen-bond acceptors (Lipinski definition) is 3. The Morgan fingerprint density at radius 3 is 2.75 bits per heavy atom. The molecule has 1 aliphatic heterocycles. The van der Waals surface area contributed by atoms with Crippen LogP contribution in [-0.2, 0) is 0 Å². The molecule has 2 N–H and O–H groups in total. The van der Waals surface area contributed by atoms with E-state index in [1.807, 2.05) is 0 Å². The van der Waals surface area contributed by atoms with Crippen molar-refractivity contribution in [1.29, 1.82) is 0 Å². The van der Waals surface area contributed by atoms with E-state index in [1.165, 1.54) is 12.1 Å². The number of fused-ring (bicyclic) bond motifs is 1.